The summed E-state index contributed by atoms with van der Waals surface area (Å²) in [4.78, 5) is 1.68. The summed E-state index contributed by atoms with van der Waals surface area (Å²) < 4.78 is 0. The van der Waals surface area contributed by atoms with Crippen LogP contribution in [-0.2, 0) is 0 Å². The van der Waals surface area contributed by atoms with E-state index in [9.17, 15) is 15.3 Å². The van der Waals surface area contributed by atoms with E-state index in [1.165, 1.54) is 0 Å². The van der Waals surface area contributed by atoms with E-state index in [0.717, 1.165) is 0 Å². The fourth-order valence-electron chi connectivity index (χ4n) is 1.80. The fourth-order valence-corrected chi connectivity index (χ4v) is 1.80. The lowest BCUT2D eigenvalue weighted by molar-refractivity contribution is -0.144. The van der Waals surface area contributed by atoms with Crippen molar-refractivity contribution in [2.45, 2.75) is 24.4 Å². The average molecular weight is 206 g/mol. The van der Waals surface area contributed by atoms with Crippen LogP contribution in [0.25, 0.3) is 0 Å². The van der Waals surface area contributed by atoms with Crippen molar-refractivity contribution in [2.24, 2.45) is 5.73 Å². The lowest BCUT2D eigenvalue weighted by Gasteiger charge is -2.42. The summed E-state index contributed by atoms with van der Waals surface area (Å²) >= 11 is 0. The molecule has 1 saturated heterocycles. The molecule has 1 fully saturated rings. The number of rotatable bonds is 3. The van der Waals surface area contributed by atoms with Crippen LogP contribution in [0.1, 0.15) is 0 Å². The largest absolute Gasteiger partial charge is 0.395 e. The molecule has 0 saturated carbocycles. The normalized spacial score (nSPS) is 40.1. The summed E-state index contributed by atoms with van der Waals surface area (Å²) in [6, 6.07) is -0.544. The number of hydrogen-bond donors (Lipinski definition) is 5. The highest BCUT2D eigenvalue weighted by Crippen LogP contribution is 2.18. The molecule has 84 valence electrons. The predicted molar refractivity (Wildman–Crippen MR) is 49.5 cm³/mol. The van der Waals surface area contributed by atoms with Crippen molar-refractivity contribution >= 4 is 0 Å². The van der Waals surface area contributed by atoms with E-state index in [1.807, 2.05) is 0 Å². The SMILES string of the molecule is NCCN1CC(O)C(O)C(O)C1CO. The number of nitrogens with two attached hydrogens (primary N) is 1. The number of aliphatic hydroxyl groups excluding tert-OH is 4. The standard InChI is InChI=1S/C8H18N2O4/c9-1-2-10-3-6(12)8(14)7(13)5(10)4-11/h5-8,11-14H,1-4,9H2. The topological polar surface area (TPSA) is 110 Å². The quantitative estimate of drug-likeness (QED) is 0.331. The van der Waals surface area contributed by atoms with E-state index < -0.39 is 24.4 Å². The van der Waals surface area contributed by atoms with Gasteiger partial charge in [-0.05, 0) is 0 Å². The molecule has 0 aromatic rings. The lowest BCUT2D eigenvalue weighted by Crippen LogP contribution is -2.63. The van der Waals surface area contributed by atoms with Gasteiger partial charge in [-0.15, -0.1) is 0 Å². The molecule has 0 radical (unpaired) electrons. The Balaban J connectivity index is 2.66. The van der Waals surface area contributed by atoms with Gasteiger partial charge in [0.05, 0.1) is 18.8 Å². The van der Waals surface area contributed by atoms with Gasteiger partial charge in [-0.1, -0.05) is 0 Å². The van der Waals surface area contributed by atoms with E-state index in [1.54, 1.807) is 4.90 Å². The Bertz CT molecular complexity index is 181. The van der Waals surface area contributed by atoms with Gasteiger partial charge >= 0.3 is 0 Å². The number of hydrogen-bond acceptors (Lipinski definition) is 6. The maximum absolute atomic E-state index is 9.55. The summed E-state index contributed by atoms with van der Waals surface area (Å²) in [7, 11) is 0. The molecule has 6 heteroatoms. The lowest BCUT2D eigenvalue weighted by atomic mass is 9.94. The van der Waals surface area contributed by atoms with Gasteiger partial charge < -0.3 is 26.2 Å². The molecule has 14 heavy (non-hydrogen) atoms. The van der Waals surface area contributed by atoms with Crippen molar-refractivity contribution in [3.63, 3.8) is 0 Å². The summed E-state index contributed by atoms with van der Waals surface area (Å²) in [6.07, 6.45) is -3.31. The van der Waals surface area contributed by atoms with Crippen molar-refractivity contribution in [3.05, 3.63) is 0 Å². The van der Waals surface area contributed by atoms with E-state index in [0.29, 0.717) is 13.1 Å². The molecule has 1 aliphatic rings. The molecular weight excluding hydrogens is 188 g/mol. The summed E-state index contributed by atoms with van der Waals surface area (Å²) in [6.45, 7) is 0.823. The van der Waals surface area contributed by atoms with Crippen LogP contribution < -0.4 is 5.73 Å². The van der Waals surface area contributed by atoms with Crippen LogP contribution in [0.2, 0.25) is 0 Å². The van der Waals surface area contributed by atoms with Gasteiger partial charge in [0.1, 0.15) is 12.2 Å². The molecule has 0 bridgehead atoms. The highest BCUT2D eigenvalue weighted by atomic mass is 16.4. The Kier molecular flexibility index (Phi) is 4.24. The second kappa shape index (κ2) is 5.01. The van der Waals surface area contributed by atoms with Crippen LogP contribution >= 0.6 is 0 Å². The molecule has 6 N–H and O–H groups in total. The van der Waals surface area contributed by atoms with Crippen molar-refractivity contribution in [3.8, 4) is 0 Å². The predicted octanol–water partition coefficient (Wildman–Crippen LogP) is -3.30. The zero-order chi connectivity index (χ0) is 10.7. The Morgan fingerprint density at radius 3 is 2.36 bits per heavy atom. The van der Waals surface area contributed by atoms with Crippen molar-refractivity contribution in [1.82, 2.24) is 4.90 Å². The first-order chi connectivity index (χ1) is 6.61. The molecule has 1 rings (SSSR count). The minimum Gasteiger partial charge on any atom is -0.395 e. The van der Waals surface area contributed by atoms with Crippen molar-refractivity contribution < 1.29 is 20.4 Å². The second-order valence-electron chi connectivity index (χ2n) is 3.58. The molecule has 0 aromatic carbocycles. The number of aliphatic hydroxyl groups is 4. The Hall–Kier alpha value is -0.240. The van der Waals surface area contributed by atoms with Gasteiger partial charge in [0.2, 0.25) is 0 Å². The highest BCUT2D eigenvalue weighted by molar-refractivity contribution is 4.94. The third-order valence-corrected chi connectivity index (χ3v) is 2.63. The van der Waals surface area contributed by atoms with Gasteiger partial charge in [0, 0.05) is 19.6 Å². The first-order valence-corrected chi connectivity index (χ1v) is 4.71. The van der Waals surface area contributed by atoms with Crippen molar-refractivity contribution in [2.75, 3.05) is 26.2 Å². The van der Waals surface area contributed by atoms with Crippen LogP contribution in [0.3, 0.4) is 0 Å². The van der Waals surface area contributed by atoms with Crippen LogP contribution in [-0.4, -0.2) is 75.9 Å². The summed E-state index contributed by atoms with van der Waals surface area (Å²) in [5.74, 6) is 0. The fraction of sp³-hybridized carbons (Fsp3) is 1.00. The smallest absolute Gasteiger partial charge is 0.109 e. The molecule has 4 atom stereocenters. The number of nitrogens with zero attached hydrogens (tertiary/aromatic N) is 1. The first-order valence-electron chi connectivity index (χ1n) is 4.71. The monoisotopic (exact) mass is 206 g/mol. The molecule has 6 nitrogen and oxygen atoms in total. The molecule has 1 aliphatic heterocycles. The maximum Gasteiger partial charge on any atom is 0.109 e. The Labute approximate surface area is 82.6 Å². The maximum atomic E-state index is 9.55. The van der Waals surface area contributed by atoms with Crippen LogP contribution in [0.5, 0.6) is 0 Å². The van der Waals surface area contributed by atoms with Gasteiger partial charge in [-0.2, -0.15) is 0 Å². The van der Waals surface area contributed by atoms with Gasteiger partial charge in [-0.25, -0.2) is 0 Å². The average Bonchev–Trinajstić information content (AvgIpc) is 2.16. The molecular formula is C8H18N2O4. The summed E-state index contributed by atoms with van der Waals surface area (Å²) in [5.41, 5.74) is 5.35. The molecule has 0 aromatic heterocycles. The number of piperidine rings is 1. The minimum atomic E-state index is -1.19. The zero-order valence-electron chi connectivity index (χ0n) is 7.95. The minimum absolute atomic E-state index is 0.223. The second-order valence-corrected chi connectivity index (χ2v) is 3.58. The third-order valence-electron chi connectivity index (χ3n) is 2.63. The van der Waals surface area contributed by atoms with Crippen LogP contribution in [0.15, 0.2) is 0 Å². The zero-order valence-corrected chi connectivity index (χ0v) is 7.95. The van der Waals surface area contributed by atoms with E-state index in [2.05, 4.69) is 0 Å². The van der Waals surface area contributed by atoms with Crippen LogP contribution in [0, 0.1) is 0 Å². The molecule has 4 unspecified atom stereocenters. The van der Waals surface area contributed by atoms with Gasteiger partial charge in [0.15, 0.2) is 0 Å². The van der Waals surface area contributed by atoms with E-state index >= 15 is 0 Å². The van der Waals surface area contributed by atoms with Gasteiger partial charge in [0.25, 0.3) is 0 Å². The molecule has 0 aliphatic carbocycles. The first kappa shape index (κ1) is 11.8. The molecule has 0 amide bonds. The summed E-state index contributed by atoms with van der Waals surface area (Å²) in [5, 5.41) is 37.3. The van der Waals surface area contributed by atoms with E-state index in [-0.39, 0.29) is 13.2 Å². The Morgan fingerprint density at radius 2 is 1.86 bits per heavy atom. The number of β-amino-alcohol motifs (C(OH)–C–C–N with tert-alkyl or cyclic N) is 1. The van der Waals surface area contributed by atoms with Crippen molar-refractivity contribution in [1.29, 1.82) is 0 Å². The van der Waals surface area contributed by atoms with Crippen LogP contribution in [0.4, 0.5) is 0 Å². The van der Waals surface area contributed by atoms with Gasteiger partial charge in [-0.3, -0.25) is 4.90 Å². The molecule has 1 heterocycles. The molecule has 0 spiro atoms. The highest BCUT2D eigenvalue weighted by Gasteiger charge is 2.40. The van der Waals surface area contributed by atoms with E-state index in [4.69, 9.17) is 10.8 Å². The Morgan fingerprint density at radius 1 is 1.21 bits per heavy atom. The third kappa shape index (κ3) is 2.22. The number of likely N-dealkylation sites (tertiary alicyclic amines) is 1.